The molecule has 0 aliphatic carbocycles. The van der Waals surface area contributed by atoms with Crippen LogP contribution in [-0.2, 0) is 19.1 Å². The molecule has 0 aromatic heterocycles. The lowest BCUT2D eigenvalue weighted by molar-refractivity contribution is -0.155. The summed E-state index contributed by atoms with van der Waals surface area (Å²) in [6, 6.07) is 6.49. The van der Waals surface area contributed by atoms with Crippen molar-refractivity contribution in [1.29, 1.82) is 0 Å². The van der Waals surface area contributed by atoms with Crippen LogP contribution in [0.15, 0.2) is 28.7 Å². The number of halogens is 1. The van der Waals surface area contributed by atoms with Gasteiger partial charge in [-0.2, -0.15) is 0 Å². The van der Waals surface area contributed by atoms with Crippen LogP contribution in [0.4, 0.5) is 5.69 Å². The second-order valence-electron chi connectivity index (χ2n) is 5.93. The number of rotatable bonds is 4. The van der Waals surface area contributed by atoms with Gasteiger partial charge in [0.25, 0.3) is 5.91 Å². The molecule has 2 atom stereocenters. The molecule has 0 spiro atoms. The first kappa shape index (κ1) is 17.3. The Hall–Kier alpha value is -1.54. The lowest BCUT2D eigenvalue weighted by Gasteiger charge is -2.29. The predicted octanol–water partition coefficient (Wildman–Crippen LogP) is 2.38. The van der Waals surface area contributed by atoms with Gasteiger partial charge in [0.1, 0.15) is 6.04 Å². The summed E-state index contributed by atoms with van der Waals surface area (Å²) in [5.41, 5.74) is 0.623. The van der Waals surface area contributed by atoms with Crippen LogP contribution >= 0.6 is 27.7 Å². The largest absolute Gasteiger partial charge is 0.454 e. The van der Waals surface area contributed by atoms with Crippen molar-refractivity contribution in [2.24, 2.45) is 0 Å². The molecule has 1 N–H and O–H groups in total. The van der Waals surface area contributed by atoms with E-state index in [0.29, 0.717) is 17.9 Å². The topological polar surface area (TPSA) is 75.7 Å². The van der Waals surface area contributed by atoms with E-state index in [2.05, 4.69) is 21.2 Å². The number of nitrogens with one attached hydrogen (secondary N) is 1. The number of carbonyl (C=O) groups excluding carboxylic acids is 3. The molecule has 8 heteroatoms. The van der Waals surface area contributed by atoms with Gasteiger partial charge >= 0.3 is 5.97 Å². The van der Waals surface area contributed by atoms with Gasteiger partial charge in [-0.15, -0.1) is 11.8 Å². The van der Waals surface area contributed by atoms with Crippen molar-refractivity contribution in [2.45, 2.75) is 30.7 Å². The maximum atomic E-state index is 12.3. The van der Waals surface area contributed by atoms with Crippen LogP contribution < -0.4 is 5.32 Å². The molecule has 1 aromatic carbocycles. The number of anilines is 1. The second-order valence-corrected chi connectivity index (χ2v) is 8.35. The number of hydrogen-bond donors (Lipinski definition) is 1. The first-order valence-corrected chi connectivity index (χ1v) is 9.35. The maximum Gasteiger partial charge on any atom is 0.330 e. The van der Waals surface area contributed by atoms with E-state index in [0.717, 1.165) is 10.9 Å². The highest BCUT2D eigenvalue weighted by Crippen LogP contribution is 2.47. The number of nitrogens with zero attached hydrogens (tertiary/aromatic N) is 1. The van der Waals surface area contributed by atoms with Gasteiger partial charge in [-0.1, -0.05) is 15.9 Å². The number of amides is 2. The van der Waals surface area contributed by atoms with Crippen molar-refractivity contribution < 1.29 is 19.1 Å². The molecule has 128 valence electrons. The van der Waals surface area contributed by atoms with Crippen LogP contribution in [0.5, 0.6) is 0 Å². The summed E-state index contributed by atoms with van der Waals surface area (Å²) >= 11 is 4.91. The fourth-order valence-electron chi connectivity index (χ4n) is 2.96. The summed E-state index contributed by atoms with van der Waals surface area (Å²) in [4.78, 5) is 37.5. The average molecular weight is 413 g/mol. The van der Waals surface area contributed by atoms with Crippen molar-refractivity contribution in [3.63, 3.8) is 0 Å². The number of ether oxygens (including phenoxy) is 1. The lowest BCUT2D eigenvalue weighted by atomic mass is 10.2. The third-order valence-corrected chi connectivity index (χ3v) is 6.22. The molecule has 1 aromatic rings. The molecule has 6 nitrogen and oxygen atoms in total. The van der Waals surface area contributed by atoms with Crippen LogP contribution in [0.2, 0.25) is 0 Å². The highest BCUT2D eigenvalue weighted by molar-refractivity contribution is 9.10. The normalized spacial score (nSPS) is 25.5. The van der Waals surface area contributed by atoms with Crippen molar-refractivity contribution in [3.05, 3.63) is 28.7 Å². The summed E-state index contributed by atoms with van der Waals surface area (Å²) in [7, 11) is 0. The molecule has 24 heavy (non-hydrogen) atoms. The number of hydrogen-bond acceptors (Lipinski definition) is 5. The van der Waals surface area contributed by atoms with Crippen LogP contribution in [0.1, 0.15) is 19.8 Å². The maximum absolute atomic E-state index is 12.3. The third kappa shape index (κ3) is 3.44. The molecule has 0 radical (unpaired) electrons. The van der Waals surface area contributed by atoms with Crippen LogP contribution in [-0.4, -0.2) is 46.0 Å². The van der Waals surface area contributed by atoms with E-state index >= 15 is 0 Å². The molecule has 2 heterocycles. The molecular weight excluding hydrogens is 396 g/mol. The van der Waals surface area contributed by atoms with Crippen LogP contribution in [0, 0.1) is 0 Å². The Morgan fingerprint density at radius 2 is 2.12 bits per heavy atom. The number of fused-ring (bicyclic) bond motifs is 1. The van der Waals surface area contributed by atoms with E-state index < -0.39 is 17.9 Å². The summed E-state index contributed by atoms with van der Waals surface area (Å²) in [6.45, 7) is 1.60. The first-order chi connectivity index (χ1) is 11.4. The van der Waals surface area contributed by atoms with Crippen molar-refractivity contribution in [1.82, 2.24) is 4.90 Å². The van der Waals surface area contributed by atoms with E-state index in [1.54, 1.807) is 40.9 Å². The van der Waals surface area contributed by atoms with Gasteiger partial charge in [-0.05, 0) is 37.6 Å². The Bertz CT molecular complexity index is 681. The minimum Gasteiger partial charge on any atom is -0.454 e. The monoisotopic (exact) mass is 412 g/mol. The Balaban J connectivity index is 1.53. The molecule has 0 saturated carbocycles. The summed E-state index contributed by atoms with van der Waals surface area (Å²) in [5, 5.41) is 2.65. The summed E-state index contributed by atoms with van der Waals surface area (Å²) < 4.78 is 6.02. The molecule has 2 aliphatic heterocycles. The summed E-state index contributed by atoms with van der Waals surface area (Å²) in [5.74, 6) is -0.446. The number of carbonyl (C=O) groups is 3. The molecule has 2 fully saturated rings. The van der Waals surface area contributed by atoms with Gasteiger partial charge < -0.3 is 15.0 Å². The van der Waals surface area contributed by atoms with Gasteiger partial charge in [-0.3, -0.25) is 9.59 Å². The smallest absolute Gasteiger partial charge is 0.330 e. The lowest BCUT2D eigenvalue weighted by Crippen LogP contribution is -2.47. The van der Waals surface area contributed by atoms with Crippen molar-refractivity contribution in [3.8, 4) is 0 Å². The number of esters is 1. The average Bonchev–Trinajstić information content (AvgIpc) is 3.04. The molecule has 2 aliphatic rings. The fraction of sp³-hybridized carbons (Fsp3) is 0.438. The van der Waals surface area contributed by atoms with Gasteiger partial charge in [0.05, 0.1) is 4.87 Å². The quantitative estimate of drug-likeness (QED) is 0.768. The Kier molecular flexibility index (Phi) is 4.87. The van der Waals surface area contributed by atoms with E-state index in [1.807, 2.05) is 6.92 Å². The fourth-order valence-corrected chi connectivity index (χ4v) is 4.64. The molecule has 0 unspecified atom stereocenters. The Morgan fingerprint density at radius 3 is 2.83 bits per heavy atom. The molecule has 0 bridgehead atoms. The molecule has 3 rings (SSSR count). The van der Waals surface area contributed by atoms with Gasteiger partial charge in [0, 0.05) is 22.3 Å². The highest BCUT2D eigenvalue weighted by atomic mass is 79.9. The van der Waals surface area contributed by atoms with Crippen molar-refractivity contribution >= 4 is 51.2 Å². The van der Waals surface area contributed by atoms with E-state index in [9.17, 15) is 14.4 Å². The zero-order valence-electron chi connectivity index (χ0n) is 13.1. The zero-order chi connectivity index (χ0) is 17.3. The first-order valence-electron chi connectivity index (χ1n) is 7.57. The van der Waals surface area contributed by atoms with Crippen LogP contribution in [0.3, 0.4) is 0 Å². The van der Waals surface area contributed by atoms with Crippen LogP contribution in [0.25, 0.3) is 0 Å². The minimum absolute atomic E-state index is 0.0243. The standard InChI is InChI=1S/C16H17BrN2O4S/c1-16-7-6-14(21)19(16)12(9-24-16)15(22)23-8-13(20)18-11-4-2-10(17)3-5-11/h2-5,12H,6-9H2,1H3,(H,18,20)/t12-,16-/m0/s1. The van der Waals surface area contributed by atoms with E-state index in [1.165, 1.54) is 0 Å². The van der Waals surface area contributed by atoms with E-state index in [-0.39, 0.29) is 17.4 Å². The SMILES string of the molecule is C[C@]12CCC(=O)N1[C@H](C(=O)OCC(=O)Nc1ccc(Br)cc1)CS2. The molecular formula is C16H17BrN2O4S. The number of thioether (sulfide) groups is 1. The minimum atomic E-state index is -0.601. The highest BCUT2D eigenvalue weighted by Gasteiger charge is 2.53. The molecule has 2 amide bonds. The third-order valence-electron chi connectivity index (χ3n) is 4.19. The Morgan fingerprint density at radius 1 is 1.42 bits per heavy atom. The molecule has 2 saturated heterocycles. The second kappa shape index (κ2) is 6.76. The van der Waals surface area contributed by atoms with Gasteiger partial charge in [-0.25, -0.2) is 4.79 Å². The van der Waals surface area contributed by atoms with Gasteiger partial charge in [0.2, 0.25) is 5.91 Å². The number of benzene rings is 1. The van der Waals surface area contributed by atoms with Crippen molar-refractivity contribution in [2.75, 3.05) is 17.7 Å². The summed E-state index contributed by atoms with van der Waals surface area (Å²) in [6.07, 6.45) is 1.20. The van der Waals surface area contributed by atoms with E-state index in [4.69, 9.17) is 4.74 Å². The zero-order valence-corrected chi connectivity index (χ0v) is 15.5. The van der Waals surface area contributed by atoms with Gasteiger partial charge in [0.15, 0.2) is 6.61 Å². The Labute approximate surface area is 152 Å². The predicted molar refractivity (Wildman–Crippen MR) is 94.5 cm³/mol.